The Morgan fingerprint density at radius 3 is 2.48 bits per heavy atom. The molecule has 3 N–H and O–H groups in total. The van der Waals surface area contributed by atoms with Gasteiger partial charge in [-0.1, -0.05) is 32.0 Å². The van der Waals surface area contributed by atoms with Gasteiger partial charge in [0.15, 0.2) is 0 Å². The van der Waals surface area contributed by atoms with Crippen LogP contribution < -0.4 is 16.0 Å². The third-order valence-electron chi connectivity index (χ3n) is 4.06. The first-order valence-corrected chi connectivity index (χ1v) is 9.00. The van der Waals surface area contributed by atoms with Gasteiger partial charge in [-0.05, 0) is 42.3 Å². The number of hydrogen-bond donors (Lipinski definition) is 3. The SMILES string of the molecule is CC(C)Cn1ccc2cc(NC(=O)NCC(=O)Nc3ccccc3)ccc21. The fourth-order valence-electron chi connectivity index (χ4n) is 2.89. The second-order valence-electron chi connectivity index (χ2n) is 6.86. The van der Waals surface area contributed by atoms with Crippen molar-refractivity contribution in [3.05, 3.63) is 60.8 Å². The zero-order chi connectivity index (χ0) is 19.2. The molecule has 0 saturated carbocycles. The highest BCUT2D eigenvalue weighted by Crippen LogP contribution is 2.21. The third-order valence-corrected chi connectivity index (χ3v) is 4.06. The lowest BCUT2D eigenvalue weighted by atomic mass is 10.2. The van der Waals surface area contributed by atoms with Gasteiger partial charge in [-0.3, -0.25) is 4.79 Å². The van der Waals surface area contributed by atoms with Gasteiger partial charge in [-0.25, -0.2) is 4.79 Å². The minimum Gasteiger partial charge on any atom is -0.347 e. The maximum Gasteiger partial charge on any atom is 0.319 e. The van der Waals surface area contributed by atoms with Crippen LogP contribution in [0.3, 0.4) is 0 Å². The monoisotopic (exact) mass is 364 g/mol. The van der Waals surface area contributed by atoms with E-state index in [-0.39, 0.29) is 12.5 Å². The van der Waals surface area contributed by atoms with Gasteiger partial charge in [0, 0.05) is 35.0 Å². The standard InChI is InChI=1S/C21H24N4O2/c1-15(2)14-25-11-10-16-12-18(8-9-19(16)25)24-21(27)22-13-20(26)23-17-6-4-3-5-7-17/h3-12,15H,13-14H2,1-2H3,(H,23,26)(H2,22,24,27). The van der Waals surface area contributed by atoms with E-state index in [1.165, 1.54) is 0 Å². The summed E-state index contributed by atoms with van der Waals surface area (Å²) in [4.78, 5) is 23.9. The fourth-order valence-corrected chi connectivity index (χ4v) is 2.89. The summed E-state index contributed by atoms with van der Waals surface area (Å²) in [5.74, 6) is 0.281. The number of hydrogen-bond acceptors (Lipinski definition) is 2. The lowest BCUT2D eigenvalue weighted by Crippen LogP contribution is -2.35. The first-order chi connectivity index (χ1) is 13.0. The highest BCUT2D eigenvalue weighted by molar-refractivity contribution is 5.97. The van der Waals surface area contributed by atoms with Crippen molar-refractivity contribution < 1.29 is 9.59 Å². The van der Waals surface area contributed by atoms with Crippen LogP contribution in [0.4, 0.5) is 16.2 Å². The number of urea groups is 1. The predicted molar refractivity (Wildman–Crippen MR) is 109 cm³/mol. The van der Waals surface area contributed by atoms with Gasteiger partial charge in [-0.2, -0.15) is 0 Å². The van der Waals surface area contributed by atoms with E-state index in [9.17, 15) is 9.59 Å². The molecule has 0 bridgehead atoms. The van der Waals surface area contributed by atoms with Gasteiger partial charge >= 0.3 is 6.03 Å². The fraction of sp³-hybridized carbons (Fsp3) is 0.238. The number of anilines is 2. The van der Waals surface area contributed by atoms with Crippen molar-refractivity contribution in [1.29, 1.82) is 0 Å². The molecule has 1 aromatic heterocycles. The van der Waals surface area contributed by atoms with E-state index in [0.29, 0.717) is 17.3 Å². The molecule has 3 amide bonds. The Balaban J connectivity index is 1.53. The van der Waals surface area contributed by atoms with Gasteiger partial charge in [0.2, 0.25) is 5.91 Å². The number of amides is 3. The largest absolute Gasteiger partial charge is 0.347 e. The van der Waals surface area contributed by atoms with Gasteiger partial charge in [0.05, 0.1) is 6.54 Å². The van der Waals surface area contributed by atoms with Crippen LogP contribution in [0.1, 0.15) is 13.8 Å². The number of para-hydroxylation sites is 1. The summed E-state index contributed by atoms with van der Waals surface area (Å²) in [6, 6.07) is 16.5. The van der Waals surface area contributed by atoms with E-state index < -0.39 is 6.03 Å². The topological polar surface area (TPSA) is 75.2 Å². The summed E-state index contributed by atoms with van der Waals surface area (Å²) in [5, 5.41) is 9.11. The van der Waals surface area contributed by atoms with Gasteiger partial charge < -0.3 is 20.5 Å². The first kappa shape index (κ1) is 18.5. The number of nitrogens with zero attached hydrogens (tertiary/aromatic N) is 1. The molecule has 0 spiro atoms. The van der Waals surface area contributed by atoms with E-state index in [4.69, 9.17) is 0 Å². The van der Waals surface area contributed by atoms with Crippen LogP contribution in [0.25, 0.3) is 10.9 Å². The summed E-state index contributed by atoms with van der Waals surface area (Å²) < 4.78 is 2.21. The third kappa shape index (κ3) is 5.10. The normalized spacial score (nSPS) is 10.8. The van der Waals surface area contributed by atoms with Gasteiger partial charge in [-0.15, -0.1) is 0 Å². The molecular weight excluding hydrogens is 340 g/mol. The zero-order valence-corrected chi connectivity index (χ0v) is 15.5. The van der Waals surface area contributed by atoms with E-state index in [1.807, 2.05) is 42.5 Å². The molecule has 0 saturated heterocycles. The van der Waals surface area contributed by atoms with E-state index in [0.717, 1.165) is 17.4 Å². The van der Waals surface area contributed by atoms with Crippen molar-refractivity contribution in [2.75, 3.05) is 17.2 Å². The average Bonchev–Trinajstić information content (AvgIpc) is 3.02. The molecule has 0 atom stereocenters. The molecule has 140 valence electrons. The number of fused-ring (bicyclic) bond motifs is 1. The molecule has 0 radical (unpaired) electrons. The molecule has 3 rings (SSSR count). The molecule has 6 heteroatoms. The van der Waals surface area contributed by atoms with Crippen molar-refractivity contribution in [2.24, 2.45) is 5.92 Å². The molecule has 0 aliphatic rings. The van der Waals surface area contributed by atoms with E-state index in [1.54, 1.807) is 12.1 Å². The molecule has 0 aliphatic carbocycles. The van der Waals surface area contributed by atoms with Crippen molar-refractivity contribution in [1.82, 2.24) is 9.88 Å². The molecule has 6 nitrogen and oxygen atoms in total. The maximum atomic E-state index is 12.0. The van der Waals surface area contributed by atoms with Crippen molar-refractivity contribution in [3.8, 4) is 0 Å². The van der Waals surface area contributed by atoms with Gasteiger partial charge in [0.25, 0.3) is 0 Å². The molecular formula is C21H24N4O2. The summed E-state index contributed by atoms with van der Waals surface area (Å²) >= 11 is 0. The smallest absolute Gasteiger partial charge is 0.319 e. The van der Waals surface area contributed by atoms with Crippen LogP contribution >= 0.6 is 0 Å². The van der Waals surface area contributed by atoms with Crippen molar-refractivity contribution in [3.63, 3.8) is 0 Å². The Morgan fingerprint density at radius 2 is 1.74 bits per heavy atom. The maximum absolute atomic E-state index is 12.0. The van der Waals surface area contributed by atoms with Crippen LogP contribution in [-0.2, 0) is 11.3 Å². The predicted octanol–water partition coefficient (Wildman–Crippen LogP) is 4.06. The van der Waals surface area contributed by atoms with Crippen LogP contribution in [0.5, 0.6) is 0 Å². The number of aromatic nitrogens is 1. The van der Waals surface area contributed by atoms with Crippen LogP contribution in [0.15, 0.2) is 60.8 Å². The second kappa shape index (κ2) is 8.40. The minimum absolute atomic E-state index is 0.103. The lowest BCUT2D eigenvalue weighted by Gasteiger charge is -2.10. The summed E-state index contributed by atoms with van der Waals surface area (Å²) in [5.41, 5.74) is 2.52. The number of benzene rings is 2. The molecule has 27 heavy (non-hydrogen) atoms. The second-order valence-corrected chi connectivity index (χ2v) is 6.86. The quantitative estimate of drug-likeness (QED) is 0.617. The number of carbonyl (C=O) groups excluding carboxylic acids is 2. The minimum atomic E-state index is -0.417. The number of nitrogens with one attached hydrogen (secondary N) is 3. The zero-order valence-electron chi connectivity index (χ0n) is 15.5. The molecule has 0 aliphatic heterocycles. The molecule has 0 fully saturated rings. The molecule has 3 aromatic rings. The van der Waals surface area contributed by atoms with Crippen LogP contribution in [0.2, 0.25) is 0 Å². The average molecular weight is 364 g/mol. The summed E-state index contributed by atoms with van der Waals surface area (Å²) in [6.45, 7) is 5.21. The molecule has 0 unspecified atom stereocenters. The number of carbonyl (C=O) groups is 2. The Morgan fingerprint density at radius 1 is 0.963 bits per heavy atom. The molecule has 1 heterocycles. The Bertz CT molecular complexity index is 932. The highest BCUT2D eigenvalue weighted by Gasteiger charge is 2.08. The summed E-state index contributed by atoms with van der Waals surface area (Å²) in [7, 11) is 0. The van der Waals surface area contributed by atoms with Crippen molar-refractivity contribution in [2.45, 2.75) is 20.4 Å². The highest BCUT2D eigenvalue weighted by atomic mass is 16.2. The Kier molecular flexibility index (Phi) is 5.76. The Hall–Kier alpha value is -3.28. The van der Waals surface area contributed by atoms with Crippen LogP contribution in [0, 0.1) is 5.92 Å². The van der Waals surface area contributed by atoms with E-state index in [2.05, 4.69) is 40.6 Å². The summed E-state index contributed by atoms with van der Waals surface area (Å²) in [6.07, 6.45) is 2.06. The van der Waals surface area contributed by atoms with Gasteiger partial charge in [0.1, 0.15) is 0 Å². The van der Waals surface area contributed by atoms with Crippen LogP contribution in [-0.4, -0.2) is 23.1 Å². The Labute approximate surface area is 158 Å². The van der Waals surface area contributed by atoms with E-state index >= 15 is 0 Å². The number of rotatable bonds is 6. The first-order valence-electron chi connectivity index (χ1n) is 9.00. The van der Waals surface area contributed by atoms with Crippen molar-refractivity contribution >= 4 is 34.2 Å². The molecule has 2 aromatic carbocycles. The lowest BCUT2D eigenvalue weighted by molar-refractivity contribution is -0.115.